The smallest absolute Gasteiger partial charge is 0.418 e. The van der Waals surface area contributed by atoms with Crippen molar-refractivity contribution in [2.75, 3.05) is 13.2 Å². The Bertz CT molecular complexity index is 528. The predicted octanol–water partition coefficient (Wildman–Crippen LogP) is 2.02. The van der Waals surface area contributed by atoms with Crippen LogP contribution in [0.25, 0.3) is 10.9 Å². The number of fused-ring (bicyclic) bond motifs is 1. The number of nitrogens with zero attached hydrogens (tertiary/aromatic N) is 1. The van der Waals surface area contributed by atoms with Gasteiger partial charge in [0.1, 0.15) is 12.7 Å². The topological polar surface area (TPSA) is 43.8 Å². The molecule has 16 heavy (non-hydrogen) atoms. The van der Waals surface area contributed by atoms with Crippen LogP contribution in [-0.2, 0) is 9.47 Å². The highest BCUT2D eigenvalue weighted by Crippen LogP contribution is 2.16. The van der Waals surface area contributed by atoms with Gasteiger partial charge in [-0.3, -0.25) is 4.57 Å². The Morgan fingerprint density at radius 2 is 2.25 bits per heavy atom. The predicted molar refractivity (Wildman–Crippen MR) is 58.4 cm³/mol. The van der Waals surface area contributed by atoms with Crippen molar-refractivity contribution in [1.29, 1.82) is 0 Å². The van der Waals surface area contributed by atoms with E-state index < -0.39 is 0 Å². The monoisotopic (exact) mass is 217 g/mol. The van der Waals surface area contributed by atoms with Gasteiger partial charge in [0.2, 0.25) is 0 Å². The van der Waals surface area contributed by atoms with E-state index in [2.05, 4.69) is 0 Å². The quantitative estimate of drug-likeness (QED) is 0.723. The van der Waals surface area contributed by atoms with Crippen LogP contribution in [0.2, 0.25) is 0 Å². The van der Waals surface area contributed by atoms with Crippen molar-refractivity contribution in [2.45, 2.75) is 6.10 Å². The van der Waals surface area contributed by atoms with Gasteiger partial charge in [-0.15, -0.1) is 0 Å². The molecule has 4 heteroatoms. The fraction of sp³-hybridized carbons (Fsp3) is 0.250. The highest BCUT2D eigenvalue weighted by atomic mass is 16.6. The van der Waals surface area contributed by atoms with E-state index in [1.165, 1.54) is 4.57 Å². The fourth-order valence-electron chi connectivity index (χ4n) is 1.64. The number of ether oxygens (including phenoxy) is 2. The third kappa shape index (κ3) is 1.67. The van der Waals surface area contributed by atoms with Gasteiger partial charge in [0.05, 0.1) is 12.1 Å². The van der Waals surface area contributed by atoms with E-state index in [1.807, 2.05) is 30.3 Å². The maximum atomic E-state index is 11.7. The first-order chi connectivity index (χ1) is 7.84. The van der Waals surface area contributed by atoms with Crippen molar-refractivity contribution in [3.8, 4) is 0 Å². The van der Waals surface area contributed by atoms with Crippen LogP contribution in [0.15, 0.2) is 36.5 Å². The number of rotatable bonds is 2. The molecule has 1 aromatic carbocycles. The molecule has 4 nitrogen and oxygen atoms in total. The standard InChI is InChI=1S/C12H11NO3/c14-12(16-8-10-7-15-10)13-6-5-9-3-1-2-4-11(9)13/h1-6,10H,7-8H2. The molecule has 2 aromatic rings. The summed E-state index contributed by atoms with van der Waals surface area (Å²) in [7, 11) is 0. The summed E-state index contributed by atoms with van der Waals surface area (Å²) in [6.07, 6.45) is 1.48. The largest absolute Gasteiger partial charge is 0.446 e. The molecule has 82 valence electrons. The van der Waals surface area contributed by atoms with Crippen LogP contribution in [0.3, 0.4) is 0 Å². The average Bonchev–Trinajstić information content (AvgIpc) is 3.04. The molecule has 0 spiro atoms. The molecule has 0 N–H and O–H groups in total. The Balaban J connectivity index is 1.83. The van der Waals surface area contributed by atoms with Crippen molar-refractivity contribution in [3.63, 3.8) is 0 Å². The minimum absolute atomic E-state index is 0.103. The zero-order valence-corrected chi connectivity index (χ0v) is 8.63. The molecular weight excluding hydrogens is 206 g/mol. The molecule has 0 bridgehead atoms. The van der Waals surface area contributed by atoms with Crippen LogP contribution < -0.4 is 0 Å². The lowest BCUT2D eigenvalue weighted by Crippen LogP contribution is -2.15. The average molecular weight is 217 g/mol. The number of carbonyl (C=O) groups excluding carboxylic acids is 1. The van der Waals surface area contributed by atoms with Crippen LogP contribution in [0.1, 0.15) is 0 Å². The van der Waals surface area contributed by atoms with E-state index in [4.69, 9.17) is 9.47 Å². The molecule has 0 saturated carbocycles. The summed E-state index contributed by atoms with van der Waals surface area (Å²) in [6, 6.07) is 9.59. The maximum absolute atomic E-state index is 11.7. The summed E-state index contributed by atoms with van der Waals surface area (Å²) < 4.78 is 11.6. The molecule has 1 fully saturated rings. The van der Waals surface area contributed by atoms with Gasteiger partial charge in [-0.2, -0.15) is 0 Å². The molecule has 0 aliphatic carbocycles. The summed E-state index contributed by atoms with van der Waals surface area (Å²) in [6.45, 7) is 1.03. The molecule has 1 aromatic heterocycles. The van der Waals surface area contributed by atoms with Gasteiger partial charge >= 0.3 is 6.09 Å². The highest BCUT2D eigenvalue weighted by Gasteiger charge is 2.24. The van der Waals surface area contributed by atoms with Crippen LogP contribution in [0.4, 0.5) is 4.79 Å². The van der Waals surface area contributed by atoms with Gasteiger partial charge in [0.25, 0.3) is 0 Å². The highest BCUT2D eigenvalue weighted by molar-refractivity contribution is 5.89. The summed E-state index contributed by atoms with van der Waals surface area (Å²) in [5, 5.41) is 1.03. The van der Waals surface area contributed by atoms with Crippen LogP contribution >= 0.6 is 0 Å². The second kappa shape index (κ2) is 3.64. The number of carbonyl (C=O) groups is 1. The molecule has 2 heterocycles. The van der Waals surface area contributed by atoms with Gasteiger partial charge < -0.3 is 9.47 Å². The van der Waals surface area contributed by atoms with Crippen molar-refractivity contribution in [1.82, 2.24) is 4.57 Å². The second-order valence-corrected chi connectivity index (χ2v) is 3.78. The van der Waals surface area contributed by atoms with Crippen molar-refractivity contribution >= 4 is 17.0 Å². The van der Waals surface area contributed by atoms with E-state index in [9.17, 15) is 4.79 Å². The Kier molecular flexibility index (Phi) is 2.15. The Hall–Kier alpha value is -1.81. The summed E-state index contributed by atoms with van der Waals surface area (Å²) >= 11 is 0. The molecule has 1 unspecified atom stereocenters. The van der Waals surface area contributed by atoms with E-state index in [0.717, 1.165) is 10.9 Å². The van der Waals surface area contributed by atoms with Gasteiger partial charge in [-0.05, 0) is 12.1 Å². The number of hydrogen-bond donors (Lipinski definition) is 0. The molecule has 3 rings (SSSR count). The van der Waals surface area contributed by atoms with Crippen molar-refractivity contribution < 1.29 is 14.3 Å². The van der Waals surface area contributed by atoms with Crippen LogP contribution in [0.5, 0.6) is 0 Å². The third-order valence-corrected chi connectivity index (χ3v) is 2.59. The van der Waals surface area contributed by atoms with Gasteiger partial charge in [0, 0.05) is 11.6 Å². The third-order valence-electron chi connectivity index (χ3n) is 2.59. The van der Waals surface area contributed by atoms with Gasteiger partial charge in [0.15, 0.2) is 0 Å². The molecular formula is C12H11NO3. The molecule has 0 radical (unpaired) electrons. The number of hydrogen-bond acceptors (Lipinski definition) is 3. The first-order valence-corrected chi connectivity index (χ1v) is 5.19. The lowest BCUT2D eigenvalue weighted by atomic mass is 10.2. The molecule has 1 aliphatic rings. The first-order valence-electron chi connectivity index (χ1n) is 5.19. The summed E-state index contributed by atoms with van der Waals surface area (Å²) in [4.78, 5) is 11.7. The van der Waals surface area contributed by atoms with Crippen LogP contribution in [-0.4, -0.2) is 30.0 Å². The number of epoxide rings is 1. The first kappa shape index (κ1) is 9.42. The lowest BCUT2D eigenvalue weighted by molar-refractivity contribution is 0.138. The van der Waals surface area contributed by atoms with Crippen molar-refractivity contribution in [3.05, 3.63) is 36.5 Å². The minimum atomic E-state index is -0.350. The minimum Gasteiger partial charge on any atom is -0.446 e. The Morgan fingerprint density at radius 1 is 1.44 bits per heavy atom. The van der Waals surface area contributed by atoms with Gasteiger partial charge in [-0.25, -0.2) is 4.79 Å². The second-order valence-electron chi connectivity index (χ2n) is 3.78. The normalized spacial score (nSPS) is 18.6. The van der Waals surface area contributed by atoms with E-state index in [1.54, 1.807) is 6.20 Å². The number of benzene rings is 1. The SMILES string of the molecule is O=C(OCC1CO1)n1ccc2ccccc21. The molecule has 1 atom stereocenters. The summed E-state index contributed by atoms with van der Waals surface area (Å²) in [5.41, 5.74) is 0.865. The lowest BCUT2D eigenvalue weighted by Gasteiger charge is -2.04. The van der Waals surface area contributed by atoms with E-state index >= 15 is 0 Å². The maximum Gasteiger partial charge on any atom is 0.418 e. The zero-order valence-electron chi connectivity index (χ0n) is 8.63. The number of para-hydroxylation sites is 1. The Morgan fingerprint density at radius 3 is 3.06 bits per heavy atom. The molecule has 1 aliphatic heterocycles. The van der Waals surface area contributed by atoms with E-state index in [0.29, 0.717) is 13.2 Å². The summed E-state index contributed by atoms with van der Waals surface area (Å²) in [5.74, 6) is 0. The zero-order chi connectivity index (χ0) is 11.0. The fourth-order valence-corrected chi connectivity index (χ4v) is 1.64. The molecule has 0 amide bonds. The van der Waals surface area contributed by atoms with E-state index in [-0.39, 0.29) is 12.2 Å². The van der Waals surface area contributed by atoms with Gasteiger partial charge in [-0.1, -0.05) is 18.2 Å². The van der Waals surface area contributed by atoms with Crippen molar-refractivity contribution in [2.24, 2.45) is 0 Å². The number of aromatic nitrogens is 1. The Labute approximate surface area is 92.4 Å². The molecule has 1 saturated heterocycles. The van der Waals surface area contributed by atoms with Crippen LogP contribution in [0, 0.1) is 0 Å².